The summed E-state index contributed by atoms with van der Waals surface area (Å²) in [6, 6.07) is 4.88. The molecule has 1 aromatic carbocycles. The maximum Gasteiger partial charge on any atom is 0.401 e. The summed E-state index contributed by atoms with van der Waals surface area (Å²) in [4.78, 5) is 32.6. The Bertz CT molecular complexity index is 1100. The number of amidine groups is 1. The minimum absolute atomic E-state index is 0.0964. The largest absolute Gasteiger partial charge is 0.480 e. The van der Waals surface area contributed by atoms with Crippen LogP contribution in [0.15, 0.2) is 52.1 Å². The Morgan fingerprint density at radius 1 is 1.21 bits per heavy atom. The van der Waals surface area contributed by atoms with Gasteiger partial charge in [-0.05, 0) is 24.6 Å². The van der Waals surface area contributed by atoms with Gasteiger partial charge in [-0.1, -0.05) is 12.1 Å². The van der Waals surface area contributed by atoms with E-state index in [0.29, 0.717) is 9.91 Å². The standard InChI is InChI=1S/C20H18F4N4O4S/c1-19(11-2-4-12(21)5-3-11)15(18(31)32)13(26-16(27-19)17-25-6-7-33-17)8-28(9-14(29)30)10-20(22,23)24/h2-7H,8-10H2,1H3,(H,26,27)(H,29,30)(H,31,32). The number of thiazole rings is 1. The van der Waals surface area contributed by atoms with Gasteiger partial charge in [0, 0.05) is 23.8 Å². The van der Waals surface area contributed by atoms with Crippen molar-refractivity contribution in [1.82, 2.24) is 15.2 Å². The lowest BCUT2D eigenvalue weighted by atomic mass is 9.82. The molecule has 13 heteroatoms. The van der Waals surface area contributed by atoms with Gasteiger partial charge in [-0.15, -0.1) is 11.3 Å². The number of rotatable bonds is 8. The Labute approximate surface area is 188 Å². The van der Waals surface area contributed by atoms with Gasteiger partial charge in [0.1, 0.15) is 11.4 Å². The van der Waals surface area contributed by atoms with Crippen molar-refractivity contribution >= 4 is 29.1 Å². The van der Waals surface area contributed by atoms with Crippen LogP contribution in [0.4, 0.5) is 17.6 Å². The highest BCUT2D eigenvalue weighted by Crippen LogP contribution is 2.38. The molecule has 1 unspecified atom stereocenters. The first kappa shape index (κ1) is 24.3. The molecule has 1 aliphatic heterocycles. The molecule has 2 aromatic rings. The van der Waals surface area contributed by atoms with Crippen LogP contribution in [0.1, 0.15) is 17.5 Å². The predicted octanol–water partition coefficient (Wildman–Crippen LogP) is 2.83. The average Bonchev–Trinajstić information content (AvgIpc) is 3.20. The van der Waals surface area contributed by atoms with E-state index in [4.69, 9.17) is 5.11 Å². The van der Waals surface area contributed by atoms with E-state index in [0.717, 1.165) is 23.5 Å². The van der Waals surface area contributed by atoms with Crippen LogP contribution in [0.25, 0.3) is 0 Å². The van der Waals surface area contributed by atoms with Crippen molar-refractivity contribution < 1.29 is 37.4 Å². The molecule has 33 heavy (non-hydrogen) atoms. The molecule has 1 aromatic heterocycles. The molecule has 8 nitrogen and oxygen atoms in total. The predicted molar refractivity (Wildman–Crippen MR) is 110 cm³/mol. The molecule has 0 radical (unpaired) electrons. The van der Waals surface area contributed by atoms with Gasteiger partial charge in [-0.25, -0.2) is 19.2 Å². The number of nitrogens with zero attached hydrogens (tertiary/aromatic N) is 3. The van der Waals surface area contributed by atoms with Crippen LogP contribution in [-0.4, -0.2) is 63.7 Å². The monoisotopic (exact) mass is 486 g/mol. The fourth-order valence-electron chi connectivity index (χ4n) is 3.52. The van der Waals surface area contributed by atoms with Gasteiger partial charge in [-0.3, -0.25) is 9.69 Å². The van der Waals surface area contributed by atoms with E-state index in [1.165, 1.54) is 25.3 Å². The fraction of sp³-hybridized carbons (Fsp3) is 0.300. The second-order valence-electron chi connectivity index (χ2n) is 7.31. The topological polar surface area (TPSA) is 115 Å². The summed E-state index contributed by atoms with van der Waals surface area (Å²) >= 11 is 1.16. The maximum atomic E-state index is 13.5. The molecule has 1 aliphatic rings. The summed E-state index contributed by atoms with van der Waals surface area (Å²) < 4.78 is 52.7. The van der Waals surface area contributed by atoms with Crippen LogP contribution >= 0.6 is 11.3 Å². The number of hydrogen-bond acceptors (Lipinski definition) is 7. The van der Waals surface area contributed by atoms with Gasteiger partial charge in [0.2, 0.25) is 0 Å². The molecule has 0 saturated carbocycles. The number of nitrogens with one attached hydrogen (secondary N) is 1. The summed E-state index contributed by atoms with van der Waals surface area (Å²) in [5, 5.41) is 23.8. The zero-order chi connectivity index (χ0) is 24.4. The van der Waals surface area contributed by atoms with E-state index in [-0.39, 0.29) is 17.1 Å². The van der Waals surface area contributed by atoms with E-state index in [1.54, 1.807) is 5.38 Å². The maximum absolute atomic E-state index is 13.5. The zero-order valence-corrected chi connectivity index (χ0v) is 17.9. The van der Waals surface area contributed by atoms with E-state index in [2.05, 4.69) is 15.3 Å². The Morgan fingerprint density at radius 3 is 2.39 bits per heavy atom. The first-order valence-electron chi connectivity index (χ1n) is 9.39. The number of carboxylic acids is 2. The molecule has 0 amide bonds. The van der Waals surface area contributed by atoms with Crippen molar-refractivity contribution in [2.75, 3.05) is 19.6 Å². The van der Waals surface area contributed by atoms with Crippen molar-refractivity contribution in [1.29, 1.82) is 0 Å². The highest BCUT2D eigenvalue weighted by Gasteiger charge is 2.43. The number of aliphatic imine (C=N–C) groups is 1. The molecule has 3 rings (SSSR count). The van der Waals surface area contributed by atoms with E-state index in [9.17, 15) is 32.3 Å². The summed E-state index contributed by atoms with van der Waals surface area (Å²) in [6.45, 7) is -1.79. The van der Waals surface area contributed by atoms with E-state index >= 15 is 0 Å². The van der Waals surface area contributed by atoms with Crippen LogP contribution in [0.2, 0.25) is 0 Å². The minimum Gasteiger partial charge on any atom is -0.480 e. The summed E-state index contributed by atoms with van der Waals surface area (Å²) in [6.07, 6.45) is -3.25. The summed E-state index contributed by atoms with van der Waals surface area (Å²) in [5.41, 5.74) is -1.93. The Kier molecular flexibility index (Phi) is 6.84. The highest BCUT2D eigenvalue weighted by molar-refractivity contribution is 7.11. The number of carbonyl (C=O) groups is 2. The molecule has 0 bridgehead atoms. The smallest absolute Gasteiger partial charge is 0.401 e. The Morgan fingerprint density at radius 2 is 1.88 bits per heavy atom. The van der Waals surface area contributed by atoms with Crippen molar-refractivity contribution in [3.05, 3.63) is 63.5 Å². The third-order valence-corrected chi connectivity index (χ3v) is 5.57. The quantitative estimate of drug-likeness (QED) is 0.492. The number of aliphatic carboxylic acids is 2. The molecular weight excluding hydrogens is 468 g/mol. The molecule has 0 saturated heterocycles. The van der Waals surface area contributed by atoms with Gasteiger partial charge in [0.05, 0.1) is 18.7 Å². The Hall–Kier alpha value is -3.32. The molecule has 0 aliphatic carbocycles. The zero-order valence-electron chi connectivity index (χ0n) is 17.1. The van der Waals surface area contributed by atoms with Gasteiger partial charge in [-0.2, -0.15) is 13.2 Å². The normalized spacial score (nSPS) is 18.8. The van der Waals surface area contributed by atoms with Crippen LogP contribution in [0.5, 0.6) is 0 Å². The summed E-state index contributed by atoms with van der Waals surface area (Å²) in [7, 11) is 0. The molecular formula is C20H18F4N4O4S. The first-order valence-corrected chi connectivity index (χ1v) is 10.3. The van der Waals surface area contributed by atoms with Crippen LogP contribution < -0.4 is 5.32 Å². The first-order chi connectivity index (χ1) is 15.4. The average molecular weight is 486 g/mol. The van der Waals surface area contributed by atoms with Crippen molar-refractivity contribution in [3.8, 4) is 0 Å². The second kappa shape index (κ2) is 9.27. The number of carboxylic acid groups (broad SMARTS) is 2. The third-order valence-electron chi connectivity index (χ3n) is 4.79. The van der Waals surface area contributed by atoms with Crippen LogP contribution in [-0.2, 0) is 15.1 Å². The van der Waals surface area contributed by atoms with Crippen molar-refractivity contribution in [2.24, 2.45) is 4.99 Å². The summed E-state index contributed by atoms with van der Waals surface area (Å²) in [5.74, 6) is -3.46. The van der Waals surface area contributed by atoms with Crippen molar-refractivity contribution in [3.63, 3.8) is 0 Å². The molecule has 0 fully saturated rings. The van der Waals surface area contributed by atoms with Gasteiger partial charge >= 0.3 is 18.1 Å². The molecule has 176 valence electrons. The lowest BCUT2D eigenvalue weighted by Gasteiger charge is -2.35. The lowest BCUT2D eigenvalue weighted by Crippen LogP contribution is -2.47. The van der Waals surface area contributed by atoms with Gasteiger partial charge < -0.3 is 15.5 Å². The Balaban J connectivity index is 2.16. The fourth-order valence-corrected chi connectivity index (χ4v) is 4.10. The van der Waals surface area contributed by atoms with Crippen LogP contribution in [0, 0.1) is 5.82 Å². The third kappa shape index (κ3) is 5.73. The second-order valence-corrected chi connectivity index (χ2v) is 8.21. The van der Waals surface area contributed by atoms with E-state index in [1.807, 2.05) is 0 Å². The van der Waals surface area contributed by atoms with Crippen molar-refractivity contribution in [2.45, 2.75) is 18.6 Å². The molecule has 2 heterocycles. The molecule has 0 spiro atoms. The minimum atomic E-state index is -4.72. The number of halogens is 4. The van der Waals surface area contributed by atoms with Gasteiger partial charge in [0.25, 0.3) is 0 Å². The van der Waals surface area contributed by atoms with Crippen LogP contribution in [0.3, 0.4) is 0 Å². The highest BCUT2D eigenvalue weighted by atomic mass is 32.1. The molecule has 3 N–H and O–H groups in total. The SMILES string of the molecule is CC1(c2ccc(F)cc2)N=C(c2nccs2)NC(CN(CC(=O)O)CC(F)(F)F)=C1C(=O)O. The number of benzene rings is 1. The number of hydrogen-bond donors (Lipinski definition) is 3. The number of aromatic nitrogens is 1. The lowest BCUT2D eigenvalue weighted by molar-refractivity contribution is -0.153. The molecule has 1 atom stereocenters. The van der Waals surface area contributed by atoms with E-state index < -0.39 is 54.7 Å². The number of alkyl halides is 3. The van der Waals surface area contributed by atoms with Gasteiger partial charge in [0.15, 0.2) is 10.8 Å².